The number of thioether (sulfide) groups is 1. The zero-order chi connectivity index (χ0) is 12.1. The molecule has 0 amide bonds. The van der Waals surface area contributed by atoms with Crippen molar-refractivity contribution in [2.75, 3.05) is 5.75 Å². The smallest absolute Gasteiger partial charge is 0.259 e. The fraction of sp³-hybridized carbons (Fsp3) is 0.364. The molecule has 0 saturated carbocycles. The van der Waals surface area contributed by atoms with Crippen molar-refractivity contribution in [2.24, 2.45) is 0 Å². The third-order valence-corrected chi connectivity index (χ3v) is 3.18. The zero-order valence-electron chi connectivity index (χ0n) is 9.46. The van der Waals surface area contributed by atoms with Gasteiger partial charge in [0, 0.05) is 6.20 Å². The fourth-order valence-corrected chi connectivity index (χ4v) is 2.02. The summed E-state index contributed by atoms with van der Waals surface area (Å²) >= 11 is 1.77. The molecule has 90 valence electrons. The molecule has 2 aromatic rings. The molecule has 6 heteroatoms. The number of aromatic hydroxyl groups is 1. The van der Waals surface area contributed by atoms with Gasteiger partial charge in [0.1, 0.15) is 5.75 Å². The van der Waals surface area contributed by atoms with Gasteiger partial charge in [-0.2, -0.15) is 16.7 Å². The Kier molecular flexibility index (Phi) is 3.98. The van der Waals surface area contributed by atoms with Crippen molar-refractivity contribution in [1.82, 2.24) is 15.1 Å². The SMILES string of the molecule is CCCSCc1noc(-c2cncc(O)c2)n1. The molecule has 0 unspecified atom stereocenters. The van der Waals surface area contributed by atoms with Crippen LogP contribution >= 0.6 is 11.8 Å². The highest BCUT2D eigenvalue weighted by Gasteiger charge is 2.09. The topological polar surface area (TPSA) is 72.0 Å². The van der Waals surface area contributed by atoms with Gasteiger partial charge in [-0.05, 0) is 18.2 Å². The lowest BCUT2D eigenvalue weighted by atomic mass is 10.3. The summed E-state index contributed by atoms with van der Waals surface area (Å²) in [6.45, 7) is 2.13. The zero-order valence-corrected chi connectivity index (χ0v) is 10.3. The van der Waals surface area contributed by atoms with Crippen LogP contribution in [0.15, 0.2) is 23.0 Å². The van der Waals surface area contributed by atoms with Gasteiger partial charge in [-0.25, -0.2) is 0 Å². The largest absolute Gasteiger partial charge is 0.506 e. The van der Waals surface area contributed by atoms with E-state index in [0.29, 0.717) is 17.3 Å². The van der Waals surface area contributed by atoms with E-state index in [-0.39, 0.29) is 5.75 Å². The molecule has 0 saturated heterocycles. The third kappa shape index (κ3) is 3.20. The molecule has 0 aliphatic carbocycles. The van der Waals surface area contributed by atoms with Gasteiger partial charge in [-0.15, -0.1) is 0 Å². The Labute approximate surface area is 103 Å². The van der Waals surface area contributed by atoms with Crippen molar-refractivity contribution < 1.29 is 9.63 Å². The standard InChI is InChI=1S/C11H13N3O2S/c1-2-3-17-7-10-13-11(16-14-10)8-4-9(15)6-12-5-8/h4-6,15H,2-3,7H2,1H3. The lowest BCUT2D eigenvalue weighted by Crippen LogP contribution is -1.85. The quantitative estimate of drug-likeness (QED) is 0.823. The predicted molar refractivity (Wildman–Crippen MR) is 65.6 cm³/mol. The number of rotatable bonds is 5. The van der Waals surface area contributed by atoms with Gasteiger partial charge in [-0.3, -0.25) is 4.98 Å². The first kappa shape index (κ1) is 11.9. The van der Waals surface area contributed by atoms with E-state index in [0.717, 1.165) is 17.9 Å². The van der Waals surface area contributed by atoms with Crippen molar-refractivity contribution >= 4 is 11.8 Å². The summed E-state index contributed by atoms with van der Waals surface area (Å²) in [5.74, 6) is 2.96. The molecule has 0 spiro atoms. The molecule has 5 nitrogen and oxygen atoms in total. The summed E-state index contributed by atoms with van der Waals surface area (Å²) in [6, 6.07) is 1.55. The van der Waals surface area contributed by atoms with E-state index in [1.54, 1.807) is 24.0 Å². The van der Waals surface area contributed by atoms with E-state index in [2.05, 4.69) is 22.0 Å². The van der Waals surface area contributed by atoms with Crippen LogP contribution in [0.3, 0.4) is 0 Å². The van der Waals surface area contributed by atoms with Gasteiger partial charge in [-0.1, -0.05) is 12.1 Å². The highest BCUT2D eigenvalue weighted by Crippen LogP contribution is 2.21. The van der Waals surface area contributed by atoms with E-state index < -0.39 is 0 Å². The van der Waals surface area contributed by atoms with Crippen molar-refractivity contribution in [2.45, 2.75) is 19.1 Å². The average Bonchev–Trinajstić information content (AvgIpc) is 2.78. The Morgan fingerprint density at radius 1 is 1.41 bits per heavy atom. The molecule has 0 radical (unpaired) electrons. The molecule has 0 fully saturated rings. The lowest BCUT2D eigenvalue weighted by molar-refractivity contribution is 0.424. The number of aromatic nitrogens is 3. The highest BCUT2D eigenvalue weighted by atomic mass is 32.2. The molecule has 2 rings (SSSR count). The predicted octanol–water partition coefficient (Wildman–Crippen LogP) is 2.48. The van der Waals surface area contributed by atoms with Crippen LogP contribution in [0.5, 0.6) is 5.75 Å². The van der Waals surface area contributed by atoms with E-state index in [1.807, 2.05) is 0 Å². The fourth-order valence-electron chi connectivity index (χ4n) is 1.28. The molecule has 0 bridgehead atoms. The van der Waals surface area contributed by atoms with Crippen LogP contribution < -0.4 is 0 Å². The van der Waals surface area contributed by atoms with Crippen LogP contribution in [-0.4, -0.2) is 26.0 Å². The van der Waals surface area contributed by atoms with Gasteiger partial charge in [0.2, 0.25) is 0 Å². The summed E-state index contributed by atoms with van der Waals surface area (Å²) in [7, 11) is 0. The van der Waals surface area contributed by atoms with Crippen molar-refractivity contribution in [3.63, 3.8) is 0 Å². The Morgan fingerprint density at radius 2 is 2.29 bits per heavy atom. The molecule has 0 atom stereocenters. The monoisotopic (exact) mass is 251 g/mol. The molecular formula is C11H13N3O2S. The second kappa shape index (κ2) is 5.67. The second-order valence-electron chi connectivity index (χ2n) is 3.50. The minimum absolute atomic E-state index is 0.0857. The first-order valence-corrected chi connectivity index (χ1v) is 6.49. The summed E-state index contributed by atoms with van der Waals surface area (Å²) in [5.41, 5.74) is 0.629. The first-order chi connectivity index (χ1) is 8.29. The maximum absolute atomic E-state index is 9.30. The summed E-state index contributed by atoms with van der Waals surface area (Å²) in [4.78, 5) is 8.11. The van der Waals surface area contributed by atoms with Crippen LogP contribution in [0, 0.1) is 0 Å². The first-order valence-electron chi connectivity index (χ1n) is 5.34. The van der Waals surface area contributed by atoms with Crippen molar-refractivity contribution in [3.05, 3.63) is 24.3 Å². The Morgan fingerprint density at radius 3 is 3.06 bits per heavy atom. The Bertz CT molecular complexity index is 487. The van der Waals surface area contributed by atoms with E-state index in [9.17, 15) is 5.11 Å². The van der Waals surface area contributed by atoms with Crippen molar-refractivity contribution in [3.8, 4) is 17.2 Å². The van der Waals surface area contributed by atoms with Gasteiger partial charge >= 0.3 is 0 Å². The summed E-state index contributed by atoms with van der Waals surface area (Å²) < 4.78 is 5.11. The maximum Gasteiger partial charge on any atom is 0.259 e. The Balaban J connectivity index is 2.07. The third-order valence-electron chi connectivity index (χ3n) is 2.02. The van der Waals surface area contributed by atoms with Crippen LogP contribution in [0.25, 0.3) is 11.5 Å². The average molecular weight is 251 g/mol. The highest BCUT2D eigenvalue weighted by molar-refractivity contribution is 7.98. The van der Waals surface area contributed by atoms with Crippen LogP contribution in [-0.2, 0) is 5.75 Å². The second-order valence-corrected chi connectivity index (χ2v) is 4.61. The van der Waals surface area contributed by atoms with Gasteiger partial charge in [0.25, 0.3) is 5.89 Å². The summed E-state index contributed by atoms with van der Waals surface area (Å²) in [6.07, 6.45) is 4.07. The number of hydrogen-bond donors (Lipinski definition) is 1. The normalized spacial score (nSPS) is 10.6. The Hall–Kier alpha value is -1.56. The number of hydrogen-bond acceptors (Lipinski definition) is 6. The molecule has 0 aromatic carbocycles. The van der Waals surface area contributed by atoms with Crippen LogP contribution in [0.1, 0.15) is 19.2 Å². The maximum atomic E-state index is 9.30. The van der Waals surface area contributed by atoms with E-state index >= 15 is 0 Å². The minimum Gasteiger partial charge on any atom is -0.506 e. The number of pyridine rings is 1. The molecule has 0 aliphatic heterocycles. The molecule has 2 aromatic heterocycles. The van der Waals surface area contributed by atoms with Crippen LogP contribution in [0.2, 0.25) is 0 Å². The number of nitrogens with zero attached hydrogens (tertiary/aromatic N) is 3. The van der Waals surface area contributed by atoms with Crippen LogP contribution in [0.4, 0.5) is 0 Å². The molecule has 2 heterocycles. The minimum atomic E-state index is 0.0857. The van der Waals surface area contributed by atoms with Gasteiger partial charge < -0.3 is 9.63 Å². The van der Waals surface area contributed by atoms with Crippen molar-refractivity contribution in [1.29, 1.82) is 0 Å². The van der Waals surface area contributed by atoms with Gasteiger partial charge in [0.05, 0.1) is 17.5 Å². The molecule has 1 N–H and O–H groups in total. The molecule has 17 heavy (non-hydrogen) atoms. The molecular weight excluding hydrogens is 238 g/mol. The molecule has 0 aliphatic rings. The summed E-state index contributed by atoms with van der Waals surface area (Å²) in [5, 5.41) is 13.2. The van der Waals surface area contributed by atoms with Gasteiger partial charge in [0.15, 0.2) is 5.82 Å². The van der Waals surface area contributed by atoms with E-state index in [1.165, 1.54) is 6.20 Å². The lowest BCUT2D eigenvalue weighted by Gasteiger charge is -1.94. The van der Waals surface area contributed by atoms with E-state index in [4.69, 9.17) is 4.52 Å².